The van der Waals surface area contributed by atoms with Gasteiger partial charge in [0.15, 0.2) is 0 Å². The number of imidazole rings is 1. The third kappa shape index (κ3) is 8.77. The lowest BCUT2D eigenvalue weighted by Gasteiger charge is -2.30. The number of ether oxygens (including phenoxy) is 2. The van der Waals surface area contributed by atoms with E-state index in [0.29, 0.717) is 18.6 Å². The van der Waals surface area contributed by atoms with Gasteiger partial charge in [0, 0.05) is 50.2 Å². The van der Waals surface area contributed by atoms with Gasteiger partial charge in [-0.3, -0.25) is 14.5 Å². The summed E-state index contributed by atoms with van der Waals surface area (Å²) < 4.78 is 13.6. The summed E-state index contributed by atoms with van der Waals surface area (Å²) in [6, 6.07) is 8.67. The topological polar surface area (TPSA) is 134 Å². The molecule has 0 bridgehead atoms. The standard InChI is InChI=1S/C22H31N3O3.2CH2O2/c26-17-18-2-1-3-20(16-18)25-9-8-23-22(25)19-4-6-21(7-5-19)28-15-12-24-10-13-27-14-11-24;2*2-1-3/h4-9,18,20,26H,1-3,10-17H2;2*1H,(H,2,3)/t18-,20-;;/m1../s1. The molecule has 10 heteroatoms. The summed E-state index contributed by atoms with van der Waals surface area (Å²) in [6.45, 7) is 5.04. The number of nitrogens with zero attached hydrogens (tertiary/aromatic N) is 3. The average Bonchev–Trinajstić information content (AvgIpc) is 3.36. The smallest absolute Gasteiger partial charge is 0.290 e. The first-order valence-corrected chi connectivity index (χ1v) is 11.5. The molecule has 1 saturated heterocycles. The summed E-state index contributed by atoms with van der Waals surface area (Å²) in [6.07, 6.45) is 8.44. The van der Waals surface area contributed by atoms with Crippen LogP contribution in [-0.4, -0.2) is 88.8 Å². The monoisotopic (exact) mass is 477 g/mol. The van der Waals surface area contributed by atoms with Crippen molar-refractivity contribution in [3.63, 3.8) is 0 Å². The molecular formula is C24H35N3O7. The van der Waals surface area contributed by atoms with Gasteiger partial charge in [0.1, 0.15) is 18.2 Å². The van der Waals surface area contributed by atoms with Gasteiger partial charge in [-0.2, -0.15) is 0 Å². The number of aliphatic hydroxyl groups is 1. The van der Waals surface area contributed by atoms with Gasteiger partial charge in [0.2, 0.25) is 0 Å². The van der Waals surface area contributed by atoms with E-state index in [0.717, 1.165) is 69.2 Å². The van der Waals surface area contributed by atoms with E-state index >= 15 is 0 Å². The van der Waals surface area contributed by atoms with Crippen LogP contribution in [-0.2, 0) is 14.3 Å². The Bertz CT molecular complexity index is 816. The summed E-state index contributed by atoms with van der Waals surface area (Å²) in [5.41, 5.74) is 1.11. The largest absolute Gasteiger partial charge is 0.492 e. The highest BCUT2D eigenvalue weighted by atomic mass is 16.5. The van der Waals surface area contributed by atoms with Gasteiger partial charge in [-0.25, -0.2) is 4.98 Å². The highest BCUT2D eigenvalue weighted by Crippen LogP contribution is 2.35. The normalized spacial score (nSPS) is 20.1. The first-order chi connectivity index (χ1) is 16.7. The second kappa shape index (κ2) is 15.8. The van der Waals surface area contributed by atoms with Crippen molar-refractivity contribution >= 4 is 12.9 Å². The van der Waals surface area contributed by atoms with Crippen LogP contribution in [0.4, 0.5) is 0 Å². The third-order valence-electron chi connectivity index (χ3n) is 5.97. The SMILES string of the molecule is O=CO.O=CO.OC[C@@H]1CCC[C@@H](n2ccnc2-c2ccc(OCCN3CCOCC3)cc2)C1. The fraction of sp³-hybridized carbons (Fsp3) is 0.542. The molecule has 2 heterocycles. The predicted molar refractivity (Wildman–Crippen MR) is 126 cm³/mol. The Balaban J connectivity index is 0.000000618. The molecule has 1 aliphatic carbocycles. The van der Waals surface area contributed by atoms with Gasteiger partial charge >= 0.3 is 0 Å². The molecule has 2 aliphatic rings. The molecule has 1 aliphatic heterocycles. The fourth-order valence-corrected chi connectivity index (χ4v) is 4.33. The minimum Gasteiger partial charge on any atom is -0.492 e. The molecule has 1 aromatic heterocycles. The van der Waals surface area contributed by atoms with Crippen LogP contribution in [0.2, 0.25) is 0 Å². The maximum Gasteiger partial charge on any atom is 0.290 e. The molecule has 2 aromatic rings. The van der Waals surface area contributed by atoms with E-state index in [-0.39, 0.29) is 19.6 Å². The van der Waals surface area contributed by atoms with Crippen LogP contribution in [0.15, 0.2) is 36.7 Å². The molecule has 0 amide bonds. The summed E-state index contributed by atoms with van der Waals surface area (Å²) in [4.78, 5) is 23.7. The second-order valence-corrected chi connectivity index (χ2v) is 8.06. The first kappa shape index (κ1) is 27.3. The second-order valence-electron chi connectivity index (χ2n) is 8.06. The van der Waals surface area contributed by atoms with Crippen LogP contribution in [0.25, 0.3) is 11.4 Å². The van der Waals surface area contributed by atoms with E-state index < -0.39 is 0 Å². The molecule has 1 saturated carbocycles. The zero-order valence-electron chi connectivity index (χ0n) is 19.4. The lowest BCUT2D eigenvalue weighted by molar-refractivity contribution is -0.123. The van der Waals surface area contributed by atoms with Gasteiger partial charge in [0.25, 0.3) is 12.9 Å². The number of hydrogen-bond donors (Lipinski definition) is 3. The molecule has 34 heavy (non-hydrogen) atoms. The molecule has 2 atom stereocenters. The number of aromatic nitrogens is 2. The number of hydrogen-bond acceptors (Lipinski definition) is 7. The molecule has 3 N–H and O–H groups in total. The zero-order chi connectivity index (χ0) is 24.6. The Hall–Kier alpha value is -2.95. The first-order valence-electron chi connectivity index (χ1n) is 11.5. The fourth-order valence-electron chi connectivity index (χ4n) is 4.33. The molecule has 188 valence electrons. The number of rotatable bonds is 7. The number of carboxylic acid groups (broad SMARTS) is 2. The third-order valence-corrected chi connectivity index (χ3v) is 5.97. The lowest BCUT2D eigenvalue weighted by atomic mass is 9.86. The molecule has 4 rings (SSSR count). The molecular weight excluding hydrogens is 442 g/mol. The molecule has 0 radical (unpaired) electrons. The molecule has 1 aromatic carbocycles. The van der Waals surface area contributed by atoms with E-state index in [4.69, 9.17) is 29.3 Å². The Morgan fingerprint density at radius 2 is 1.76 bits per heavy atom. The van der Waals surface area contributed by atoms with Crippen molar-refractivity contribution in [1.82, 2.24) is 14.5 Å². The van der Waals surface area contributed by atoms with Crippen LogP contribution in [0.3, 0.4) is 0 Å². The van der Waals surface area contributed by atoms with Crippen molar-refractivity contribution in [2.24, 2.45) is 5.92 Å². The summed E-state index contributed by atoms with van der Waals surface area (Å²) >= 11 is 0. The van der Waals surface area contributed by atoms with E-state index in [9.17, 15) is 5.11 Å². The minimum atomic E-state index is -0.250. The Kier molecular flexibility index (Phi) is 12.7. The van der Waals surface area contributed by atoms with Crippen molar-refractivity contribution in [3.8, 4) is 17.1 Å². The van der Waals surface area contributed by atoms with Crippen LogP contribution < -0.4 is 4.74 Å². The number of morpholine rings is 1. The van der Waals surface area contributed by atoms with Gasteiger partial charge in [-0.1, -0.05) is 6.42 Å². The highest BCUT2D eigenvalue weighted by molar-refractivity contribution is 5.57. The Morgan fingerprint density at radius 3 is 2.41 bits per heavy atom. The van der Waals surface area contributed by atoms with Crippen LogP contribution in [0.1, 0.15) is 31.7 Å². The average molecular weight is 478 g/mol. The van der Waals surface area contributed by atoms with Gasteiger partial charge in [0.05, 0.1) is 13.2 Å². The van der Waals surface area contributed by atoms with E-state index in [1.54, 1.807) is 0 Å². The summed E-state index contributed by atoms with van der Waals surface area (Å²) in [7, 11) is 0. The van der Waals surface area contributed by atoms with Crippen molar-refractivity contribution in [3.05, 3.63) is 36.7 Å². The highest BCUT2D eigenvalue weighted by Gasteiger charge is 2.24. The predicted octanol–water partition coefficient (Wildman–Crippen LogP) is 2.39. The maximum atomic E-state index is 9.53. The van der Waals surface area contributed by atoms with Gasteiger partial charge in [-0.15, -0.1) is 0 Å². The quantitative estimate of drug-likeness (QED) is 0.514. The lowest BCUT2D eigenvalue weighted by Crippen LogP contribution is -2.38. The molecule has 0 spiro atoms. The number of benzene rings is 1. The Labute approximate surface area is 199 Å². The van der Waals surface area contributed by atoms with Crippen LogP contribution in [0, 0.1) is 5.92 Å². The maximum absolute atomic E-state index is 9.53. The van der Waals surface area contributed by atoms with Crippen molar-refractivity contribution in [2.45, 2.75) is 31.7 Å². The van der Waals surface area contributed by atoms with Gasteiger partial charge < -0.3 is 29.4 Å². The van der Waals surface area contributed by atoms with Crippen molar-refractivity contribution in [1.29, 1.82) is 0 Å². The summed E-state index contributed by atoms with van der Waals surface area (Å²) in [5.74, 6) is 2.31. The van der Waals surface area contributed by atoms with E-state index in [1.165, 1.54) is 6.42 Å². The molecule has 0 unspecified atom stereocenters. The van der Waals surface area contributed by atoms with E-state index in [2.05, 4.69) is 32.8 Å². The number of carbonyl (C=O) groups is 2. The summed E-state index contributed by atoms with van der Waals surface area (Å²) in [5, 5.41) is 23.3. The minimum absolute atomic E-state index is 0.250. The van der Waals surface area contributed by atoms with Crippen molar-refractivity contribution in [2.75, 3.05) is 46.1 Å². The van der Waals surface area contributed by atoms with Gasteiger partial charge in [-0.05, 0) is 49.4 Å². The zero-order valence-corrected chi connectivity index (χ0v) is 19.4. The Morgan fingerprint density at radius 1 is 1.09 bits per heavy atom. The van der Waals surface area contributed by atoms with Crippen molar-refractivity contribution < 1.29 is 34.4 Å². The number of aliphatic hydroxyl groups excluding tert-OH is 1. The molecule has 2 fully saturated rings. The van der Waals surface area contributed by atoms with Crippen LogP contribution in [0.5, 0.6) is 5.75 Å². The molecule has 10 nitrogen and oxygen atoms in total. The van der Waals surface area contributed by atoms with Crippen LogP contribution >= 0.6 is 0 Å². The van der Waals surface area contributed by atoms with E-state index in [1.807, 2.05) is 18.3 Å².